The van der Waals surface area contributed by atoms with Gasteiger partial charge in [0.05, 0.1) is 24.5 Å². The number of hydrogen-bond acceptors (Lipinski definition) is 7. The molecule has 3 N–H and O–H groups in total. The molecule has 0 spiro atoms. The third-order valence-electron chi connectivity index (χ3n) is 4.79. The van der Waals surface area contributed by atoms with Crippen LogP contribution in [0.1, 0.15) is 12.0 Å². The topological polar surface area (TPSA) is 104 Å². The largest absolute Gasteiger partial charge is 0.373 e. The summed E-state index contributed by atoms with van der Waals surface area (Å²) in [4.78, 5) is 30.4. The molecule has 31 heavy (non-hydrogen) atoms. The maximum Gasteiger partial charge on any atom is 0.345 e. The predicted molar refractivity (Wildman–Crippen MR) is 116 cm³/mol. The van der Waals surface area contributed by atoms with Gasteiger partial charge in [-0.1, -0.05) is 0 Å². The Morgan fingerprint density at radius 3 is 2.84 bits per heavy atom. The van der Waals surface area contributed by atoms with Gasteiger partial charge in [0.1, 0.15) is 23.8 Å². The Morgan fingerprint density at radius 1 is 1.19 bits per heavy atom. The summed E-state index contributed by atoms with van der Waals surface area (Å²) in [5, 5.41) is 9.97. The van der Waals surface area contributed by atoms with Crippen molar-refractivity contribution in [3.63, 3.8) is 0 Å². The molecular weight excluding hydrogens is 401 g/mol. The van der Waals surface area contributed by atoms with Gasteiger partial charge in [-0.3, -0.25) is 4.84 Å². The molecule has 4 rings (SSSR count). The number of aryl methyl sites for hydroxylation is 1. The van der Waals surface area contributed by atoms with Gasteiger partial charge in [-0.25, -0.2) is 29.2 Å². The van der Waals surface area contributed by atoms with Crippen LogP contribution in [0.4, 0.5) is 32.2 Å². The summed E-state index contributed by atoms with van der Waals surface area (Å²) in [5.74, 6) is 0.677. The maximum absolute atomic E-state index is 14.5. The van der Waals surface area contributed by atoms with Gasteiger partial charge in [-0.2, -0.15) is 0 Å². The number of nitrogens with one attached hydrogen (secondary N) is 3. The molecule has 0 aliphatic carbocycles. The first kappa shape index (κ1) is 20.5. The predicted octanol–water partition coefficient (Wildman–Crippen LogP) is 3.94. The van der Waals surface area contributed by atoms with Crippen LogP contribution in [0.5, 0.6) is 0 Å². The molecule has 160 valence electrons. The molecule has 0 atom stereocenters. The van der Waals surface area contributed by atoms with Crippen LogP contribution in [0.3, 0.4) is 0 Å². The van der Waals surface area contributed by atoms with Crippen molar-refractivity contribution in [3.05, 3.63) is 54.2 Å². The number of nitrogens with zero attached hydrogens (tertiary/aromatic N) is 4. The van der Waals surface area contributed by atoms with Crippen molar-refractivity contribution in [2.75, 3.05) is 36.1 Å². The molecule has 0 unspecified atom stereocenters. The van der Waals surface area contributed by atoms with E-state index in [1.54, 1.807) is 32.3 Å². The quantitative estimate of drug-likeness (QED) is 0.571. The van der Waals surface area contributed by atoms with Gasteiger partial charge in [0.15, 0.2) is 0 Å². The number of hydrogen-bond donors (Lipinski definition) is 3. The highest BCUT2D eigenvalue weighted by Gasteiger charge is 2.21. The zero-order valence-corrected chi connectivity index (χ0v) is 17.1. The monoisotopic (exact) mass is 423 g/mol. The van der Waals surface area contributed by atoms with Crippen LogP contribution < -0.4 is 16.0 Å². The van der Waals surface area contributed by atoms with Crippen LogP contribution in [-0.2, 0) is 4.84 Å². The molecule has 2 aromatic heterocycles. The van der Waals surface area contributed by atoms with Crippen molar-refractivity contribution in [1.29, 1.82) is 0 Å². The van der Waals surface area contributed by atoms with Crippen molar-refractivity contribution in [1.82, 2.24) is 20.0 Å². The minimum atomic E-state index is -0.536. The van der Waals surface area contributed by atoms with E-state index < -0.39 is 11.8 Å². The summed E-state index contributed by atoms with van der Waals surface area (Å²) >= 11 is 0. The average molecular weight is 423 g/mol. The van der Waals surface area contributed by atoms with Crippen molar-refractivity contribution >= 4 is 29.0 Å². The Hall–Kier alpha value is -3.79. The third-order valence-corrected chi connectivity index (χ3v) is 4.79. The molecule has 1 aromatic carbocycles. The molecule has 1 aliphatic heterocycles. The Balaban J connectivity index is 1.63. The fourth-order valence-corrected chi connectivity index (χ4v) is 3.17. The zero-order chi connectivity index (χ0) is 21.8. The van der Waals surface area contributed by atoms with E-state index in [1.165, 1.54) is 23.5 Å². The number of urea groups is 1. The maximum atomic E-state index is 14.5. The molecule has 0 bridgehead atoms. The Labute approximate surface area is 178 Å². The van der Waals surface area contributed by atoms with Crippen molar-refractivity contribution in [2.45, 2.75) is 13.3 Å². The highest BCUT2D eigenvalue weighted by Crippen LogP contribution is 2.31. The van der Waals surface area contributed by atoms with Crippen LogP contribution in [0.25, 0.3) is 11.3 Å². The molecular formula is C21H22FN7O2. The van der Waals surface area contributed by atoms with Gasteiger partial charge in [-0.15, -0.1) is 0 Å². The lowest BCUT2D eigenvalue weighted by molar-refractivity contribution is -0.0614. The lowest BCUT2D eigenvalue weighted by Crippen LogP contribution is -2.31. The van der Waals surface area contributed by atoms with E-state index in [0.717, 1.165) is 12.0 Å². The van der Waals surface area contributed by atoms with E-state index in [9.17, 15) is 9.18 Å². The van der Waals surface area contributed by atoms with Gasteiger partial charge in [0.25, 0.3) is 0 Å². The fourth-order valence-electron chi connectivity index (χ4n) is 3.17. The smallest absolute Gasteiger partial charge is 0.345 e. The number of amides is 2. The Kier molecular flexibility index (Phi) is 5.89. The summed E-state index contributed by atoms with van der Waals surface area (Å²) in [6, 6.07) is 7.88. The molecule has 1 fully saturated rings. The number of aromatic nitrogens is 3. The normalized spacial score (nSPS) is 13.2. The number of hydroxylamine groups is 2. The van der Waals surface area contributed by atoms with Gasteiger partial charge >= 0.3 is 6.03 Å². The molecule has 0 saturated carbocycles. The number of carbonyl (C=O) groups is 1. The van der Waals surface area contributed by atoms with E-state index >= 15 is 0 Å². The summed E-state index contributed by atoms with van der Waals surface area (Å²) in [5.41, 5.74) is 2.73. The third kappa shape index (κ3) is 4.53. The molecule has 3 aromatic rings. The lowest BCUT2D eigenvalue weighted by atomic mass is 10.1. The van der Waals surface area contributed by atoms with Crippen LogP contribution >= 0.6 is 0 Å². The van der Waals surface area contributed by atoms with E-state index in [0.29, 0.717) is 41.7 Å². The van der Waals surface area contributed by atoms with Crippen molar-refractivity contribution in [3.8, 4) is 11.3 Å². The van der Waals surface area contributed by atoms with Crippen molar-refractivity contribution in [2.24, 2.45) is 0 Å². The SMILES string of the molecule is CNc1cc(-c2cccnc2Nc2cc(NC(=O)N3CCCO3)c(F)cc2C)ncn1. The van der Waals surface area contributed by atoms with Gasteiger partial charge in [-0.05, 0) is 43.2 Å². The summed E-state index contributed by atoms with van der Waals surface area (Å²) in [6.45, 7) is 2.71. The zero-order valence-electron chi connectivity index (χ0n) is 17.1. The minimum absolute atomic E-state index is 0.0468. The second-order valence-corrected chi connectivity index (χ2v) is 6.93. The molecule has 3 heterocycles. The second-order valence-electron chi connectivity index (χ2n) is 6.93. The first-order valence-corrected chi connectivity index (χ1v) is 9.79. The van der Waals surface area contributed by atoms with Gasteiger partial charge < -0.3 is 16.0 Å². The van der Waals surface area contributed by atoms with E-state index in [-0.39, 0.29) is 5.69 Å². The average Bonchev–Trinajstić information content (AvgIpc) is 3.32. The van der Waals surface area contributed by atoms with E-state index in [2.05, 4.69) is 30.9 Å². The number of pyridine rings is 1. The number of carbonyl (C=O) groups excluding carboxylic acids is 1. The van der Waals surface area contributed by atoms with Crippen molar-refractivity contribution < 1.29 is 14.0 Å². The summed E-state index contributed by atoms with van der Waals surface area (Å²) in [7, 11) is 1.78. The van der Waals surface area contributed by atoms with E-state index in [1.807, 2.05) is 6.07 Å². The molecule has 9 nitrogen and oxygen atoms in total. The highest BCUT2D eigenvalue weighted by molar-refractivity contribution is 5.90. The van der Waals surface area contributed by atoms with Gasteiger partial charge in [0.2, 0.25) is 0 Å². The Bertz CT molecular complexity index is 1100. The molecule has 1 saturated heterocycles. The first-order valence-electron chi connectivity index (χ1n) is 9.79. The second kappa shape index (κ2) is 8.92. The first-order chi connectivity index (χ1) is 15.0. The highest BCUT2D eigenvalue weighted by atomic mass is 19.1. The summed E-state index contributed by atoms with van der Waals surface area (Å²) < 4.78 is 14.5. The number of rotatable bonds is 5. The van der Waals surface area contributed by atoms with Crippen LogP contribution in [0.15, 0.2) is 42.9 Å². The number of anilines is 4. The summed E-state index contributed by atoms with van der Waals surface area (Å²) in [6.07, 6.45) is 3.87. The van der Waals surface area contributed by atoms with Gasteiger partial charge in [0, 0.05) is 30.6 Å². The Morgan fingerprint density at radius 2 is 2.06 bits per heavy atom. The minimum Gasteiger partial charge on any atom is -0.373 e. The number of benzene rings is 1. The molecule has 2 amide bonds. The fraction of sp³-hybridized carbons (Fsp3) is 0.238. The molecule has 0 radical (unpaired) electrons. The molecule has 10 heteroatoms. The lowest BCUT2D eigenvalue weighted by Gasteiger charge is -2.17. The van der Waals surface area contributed by atoms with E-state index in [4.69, 9.17) is 4.84 Å². The van der Waals surface area contributed by atoms with Crippen LogP contribution in [-0.4, -0.2) is 46.2 Å². The molecule has 1 aliphatic rings. The standard InChI is InChI=1S/C21H22FN7O2/c1-13-9-15(22)18(28-21(30)29-7-4-8-31-29)10-16(13)27-20-14(5-3-6-24-20)17-11-19(23-2)26-12-25-17/h3,5-6,9-12H,4,7-8H2,1-2H3,(H,24,27)(H,28,30)(H,23,25,26). The van der Waals surface area contributed by atoms with Crippen LogP contribution in [0.2, 0.25) is 0 Å². The van der Waals surface area contributed by atoms with Crippen LogP contribution in [0, 0.1) is 12.7 Å². The number of halogens is 1.